The minimum atomic E-state index is -3.77. The largest absolute Gasteiger partial charge is 0.308 e. The topological polar surface area (TPSA) is 88.3 Å². The van der Waals surface area contributed by atoms with Crippen LogP contribution in [0.25, 0.3) is 0 Å². The van der Waals surface area contributed by atoms with Crippen LogP contribution in [0.4, 0.5) is 15.9 Å². The Bertz CT molecular complexity index is 795. The van der Waals surface area contributed by atoms with E-state index in [4.69, 9.17) is 5.84 Å². The Morgan fingerprint density at radius 2 is 2.10 bits per heavy atom. The van der Waals surface area contributed by atoms with Gasteiger partial charge in [0.05, 0.1) is 10.6 Å². The van der Waals surface area contributed by atoms with Gasteiger partial charge in [0, 0.05) is 18.8 Å². The summed E-state index contributed by atoms with van der Waals surface area (Å²) in [5.74, 6) is 5.02. The molecule has 0 saturated carbocycles. The Labute approximate surface area is 121 Å². The molecule has 6 nitrogen and oxygen atoms in total. The second-order valence-electron chi connectivity index (χ2n) is 4.62. The van der Waals surface area contributed by atoms with E-state index >= 15 is 0 Å². The average Bonchev–Trinajstić information content (AvgIpc) is 2.91. The number of rotatable bonds is 3. The Kier molecular flexibility index (Phi) is 3.26. The van der Waals surface area contributed by atoms with Gasteiger partial charge in [-0.1, -0.05) is 6.07 Å². The summed E-state index contributed by atoms with van der Waals surface area (Å²) in [6.45, 7) is 0.287. The highest BCUT2D eigenvalue weighted by atomic mass is 32.2. The van der Waals surface area contributed by atoms with Crippen LogP contribution in [0.3, 0.4) is 0 Å². The van der Waals surface area contributed by atoms with Crippen molar-refractivity contribution >= 4 is 21.5 Å². The second kappa shape index (κ2) is 4.97. The van der Waals surface area contributed by atoms with Crippen molar-refractivity contribution in [3.63, 3.8) is 0 Å². The fourth-order valence-corrected chi connectivity index (χ4v) is 3.86. The third-order valence-electron chi connectivity index (χ3n) is 3.37. The molecule has 110 valence electrons. The first-order valence-corrected chi connectivity index (χ1v) is 7.70. The number of fused-ring (bicyclic) bond motifs is 1. The van der Waals surface area contributed by atoms with Gasteiger partial charge in [-0.15, -0.1) is 0 Å². The maximum Gasteiger partial charge on any atom is 0.264 e. The quantitative estimate of drug-likeness (QED) is 0.658. The van der Waals surface area contributed by atoms with Gasteiger partial charge in [-0.2, -0.15) is 0 Å². The molecule has 0 fully saturated rings. The molecule has 0 spiro atoms. The summed E-state index contributed by atoms with van der Waals surface area (Å²) in [5.41, 5.74) is 3.50. The molecule has 3 N–H and O–H groups in total. The number of aromatic nitrogens is 1. The third kappa shape index (κ3) is 2.32. The lowest BCUT2D eigenvalue weighted by Crippen LogP contribution is -2.29. The number of nitrogens with zero attached hydrogens (tertiary/aromatic N) is 2. The minimum absolute atomic E-state index is 0.0579. The molecule has 0 atom stereocenters. The van der Waals surface area contributed by atoms with Gasteiger partial charge >= 0.3 is 0 Å². The van der Waals surface area contributed by atoms with E-state index in [1.54, 1.807) is 6.07 Å². The van der Waals surface area contributed by atoms with E-state index in [2.05, 4.69) is 10.4 Å². The monoisotopic (exact) mass is 308 g/mol. The fourth-order valence-electron chi connectivity index (χ4n) is 2.35. The molecule has 2 heterocycles. The number of nitrogens with two attached hydrogens (primary N) is 1. The number of benzene rings is 1. The predicted octanol–water partition coefficient (Wildman–Crippen LogP) is 1.26. The molecule has 0 aliphatic carbocycles. The first-order chi connectivity index (χ1) is 10.0. The second-order valence-corrected chi connectivity index (χ2v) is 6.48. The summed E-state index contributed by atoms with van der Waals surface area (Å²) < 4.78 is 40.0. The van der Waals surface area contributed by atoms with E-state index in [9.17, 15) is 12.8 Å². The molecule has 0 amide bonds. The van der Waals surface area contributed by atoms with E-state index in [1.807, 2.05) is 0 Å². The predicted molar refractivity (Wildman–Crippen MR) is 76.7 cm³/mol. The van der Waals surface area contributed by atoms with Crippen LogP contribution in [-0.2, 0) is 16.4 Å². The van der Waals surface area contributed by atoms with E-state index in [-0.39, 0.29) is 17.3 Å². The summed E-state index contributed by atoms with van der Waals surface area (Å²) in [5, 5.41) is 0. The van der Waals surface area contributed by atoms with Gasteiger partial charge in [-0.05, 0) is 30.2 Å². The van der Waals surface area contributed by atoms with Crippen molar-refractivity contribution in [2.24, 2.45) is 5.84 Å². The van der Waals surface area contributed by atoms with Crippen LogP contribution in [0.2, 0.25) is 0 Å². The van der Waals surface area contributed by atoms with Crippen molar-refractivity contribution < 1.29 is 12.8 Å². The molecule has 1 aliphatic heterocycles. The van der Waals surface area contributed by atoms with Gasteiger partial charge in [0.15, 0.2) is 0 Å². The molecule has 1 aliphatic rings. The summed E-state index contributed by atoms with van der Waals surface area (Å²) in [7, 11) is -3.77. The number of pyridine rings is 1. The van der Waals surface area contributed by atoms with Crippen LogP contribution in [0.1, 0.15) is 5.56 Å². The van der Waals surface area contributed by atoms with Crippen molar-refractivity contribution in [2.75, 3.05) is 16.3 Å². The molecule has 0 bridgehead atoms. The Hall–Kier alpha value is -2.19. The van der Waals surface area contributed by atoms with Gasteiger partial charge in [-0.25, -0.2) is 23.6 Å². The highest BCUT2D eigenvalue weighted by molar-refractivity contribution is 7.92. The standard InChI is InChI=1S/C13H13FN4O2S/c14-10-2-1-9-4-6-18(12(9)7-10)21(19,20)11-3-5-16-13(8-11)17-15/h1-3,5,7-8H,4,6,15H2,(H,16,17). The number of anilines is 2. The molecule has 8 heteroatoms. The normalized spacial score (nSPS) is 14.1. The summed E-state index contributed by atoms with van der Waals surface area (Å²) in [6.07, 6.45) is 1.91. The smallest absolute Gasteiger partial charge is 0.264 e. The lowest BCUT2D eigenvalue weighted by molar-refractivity contribution is 0.592. The van der Waals surface area contributed by atoms with E-state index in [0.29, 0.717) is 12.1 Å². The number of halogens is 1. The summed E-state index contributed by atoms with van der Waals surface area (Å²) in [4.78, 5) is 3.94. The molecule has 2 aromatic rings. The maximum atomic E-state index is 13.4. The lowest BCUT2D eigenvalue weighted by Gasteiger charge is -2.19. The van der Waals surface area contributed by atoms with Crippen molar-refractivity contribution in [2.45, 2.75) is 11.3 Å². The number of nitrogens with one attached hydrogen (secondary N) is 1. The highest BCUT2D eigenvalue weighted by Gasteiger charge is 2.31. The van der Waals surface area contributed by atoms with Gasteiger partial charge in [-0.3, -0.25) is 4.31 Å². The highest BCUT2D eigenvalue weighted by Crippen LogP contribution is 2.33. The van der Waals surface area contributed by atoms with Crippen molar-refractivity contribution in [1.82, 2.24) is 4.98 Å². The third-order valence-corrected chi connectivity index (χ3v) is 5.18. The number of sulfonamides is 1. The summed E-state index contributed by atoms with van der Waals surface area (Å²) >= 11 is 0. The summed E-state index contributed by atoms with van der Waals surface area (Å²) in [6, 6.07) is 6.90. The van der Waals surface area contributed by atoms with Crippen molar-refractivity contribution in [3.05, 3.63) is 47.9 Å². The van der Waals surface area contributed by atoms with Crippen LogP contribution in [0.15, 0.2) is 41.4 Å². The number of hydrogen-bond donors (Lipinski definition) is 2. The molecule has 0 unspecified atom stereocenters. The molecule has 1 aromatic heterocycles. The van der Waals surface area contributed by atoms with Crippen LogP contribution >= 0.6 is 0 Å². The first kappa shape index (κ1) is 13.8. The minimum Gasteiger partial charge on any atom is -0.308 e. The zero-order chi connectivity index (χ0) is 15.0. The van der Waals surface area contributed by atoms with Crippen molar-refractivity contribution in [3.8, 4) is 0 Å². The first-order valence-electron chi connectivity index (χ1n) is 6.26. The van der Waals surface area contributed by atoms with Crippen LogP contribution in [-0.4, -0.2) is 19.9 Å². The average molecular weight is 308 g/mol. The van der Waals surface area contributed by atoms with Crippen LogP contribution < -0.4 is 15.6 Å². The van der Waals surface area contributed by atoms with E-state index < -0.39 is 15.8 Å². The molecule has 21 heavy (non-hydrogen) atoms. The Balaban J connectivity index is 2.06. The van der Waals surface area contributed by atoms with E-state index in [1.165, 1.54) is 34.8 Å². The van der Waals surface area contributed by atoms with Gasteiger partial charge in [0.1, 0.15) is 11.6 Å². The van der Waals surface area contributed by atoms with Crippen molar-refractivity contribution in [1.29, 1.82) is 0 Å². The zero-order valence-corrected chi connectivity index (χ0v) is 11.8. The van der Waals surface area contributed by atoms with Gasteiger partial charge in [0.2, 0.25) is 0 Å². The van der Waals surface area contributed by atoms with Gasteiger partial charge < -0.3 is 5.43 Å². The van der Waals surface area contributed by atoms with E-state index in [0.717, 1.165) is 5.56 Å². The number of hydrogen-bond acceptors (Lipinski definition) is 5. The zero-order valence-electron chi connectivity index (χ0n) is 11.0. The van der Waals surface area contributed by atoms with Gasteiger partial charge in [0.25, 0.3) is 10.0 Å². The SMILES string of the molecule is NNc1cc(S(=O)(=O)N2CCc3ccc(F)cc32)ccn1. The molecular weight excluding hydrogens is 295 g/mol. The lowest BCUT2D eigenvalue weighted by atomic mass is 10.2. The fraction of sp³-hybridized carbons (Fsp3) is 0.154. The van der Waals surface area contributed by atoms with Crippen LogP contribution in [0, 0.1) is 5.82 Å². The van der Waals surface area contributed by atoms with Crippen LogP contribution in [0.5, 0.6) is 0 Å². The molecular formula is C13H13FN4O2S. The molecule has 0 saturated heterocycles. The maximum absolute atomic E-state index is 13.4. The number of nitrogen functional groups attached to an aromatic ring is 1. The Morgan fingerprint density at radius 3 is 2.86 bits per heavy atom. The molecule has 0 radical (unpaired) electrons. The number of hydrazine groups is 1. The molecule has 1 aromatic carbocycles. The Morgan fingerprint density at radius 1 is 1.29 bits per heavy atom. The molecule has 3 rings (SSSR count).